The molecule has 2 aromatic heterocycles. The Morgan fingerprint density at radius 2 is 1.73 bits per heavy atom. The molecule has 4 heterocycles. The largest absolute Gasteiger partial charge is 0.471 e. The molecule has 0 bridgehead atoms. The molecule has 3 aromatic rings. The molecule has 2 saturated carbocycles. The molecule has 5 amide bonds. The third kappa shape index (κ3) is 7.73. The molecule has 4 aliphatic rings. The number of nitrogens with one attached hydrogen (secondary N) is 4. The van der Waals surface area contributed by atoms with E-state index in [4.69, 9.17) is 19.4 Å². The van der Waals surface area contributed by atoms with Gasteiger partial charge >= 0.3 is 6.09 Å². The van der Waals surface area contributed by atoms with Gasteiger partial charge in [0.25, 0.3) is 5.91 Å². The number of amides is 5. The summed E-state index contributed by atoms with van der Waals surface area (Å²) in [5.41, 5.74) is 5.31. The van der Waals surface area contributed by atoms with Crippen molar-refractivity contribution in [3.8, 4) is 16.5 Å². The Labute approximate surface area is 305 Å². The monoisotopic (exact) mass is 729 g/mol. The van der Waals surface area contributed by atoms with E-state index in [9.17, 15) is 24.0 Å². The summed E-state index contributed by atoms with van der Waals surface area (Å²) >= 11 is 1.49. The summed E-state index contributed by atoms with van der Waals surface area (Å²) in [6, 6.07) is 9.33. The minimum atomic E-state index is -1.31. The van der Waals surface area contributed by atoms with Crippen molar-refractivity contribution in [3.63, 3.8) is 0 Å². The number of nitrogens with zero attached hydrogens (tertiary/aromatic N) is 3. The van der Waals surface area contributed by atoms with Gasteiger partial charge < -0.3 is 25.0 Å². The van der Waals surface area contributed by atoms with E-state index in [1.807, 2.05) is 53.9 Å². The van der Waals surface area contributed by atoms with Gasteiger partial charge in [0.1, 0.15) is 35.5 Å². The van der Waals surface area contributed by atoms with E-state index < -0.39 is 53.4 Å². The average Bonchev–Trinajstić information content (AvgIpc) is 3.63. The van der Waals surface area contributed by atoms with Gasteiger partial charge in [-0.1, -0.05) is 36.8 Å². The number of allylic oxidation sites excluding steroid dienone is 1. The summed E-state index contributed by atoms with van der Waals surface area (Å²) in [7, 11) is 0. The van der Waals surface area contributed by atoms with Crippen molar-refractivity contribution in [1.82, 2.24) is 36.4 Å². The van der Waals surface area contributed by atoms with Crippen molar-refractivity contribution in [2.24, 2.45) is 5.92 Å². The zero-order valence-electron chi connectivity index (χ0n) is 29.0. The minimum absolute atomic E-state index is 0.0274. The topological polar surface area (TPSA) is 181 Å². The molecule has 0 spiro atoms. The lowest BCUT2D eigenvalue weighted by Crippen LogP contribution is -2.59. The Morgan fingerprint density at radius 1 is 0.962 bits per heavy atom. The van der Waals surface area contributed by atoms with Gasteiger partial charge in [-0.2, -0.15) is 0 Å². The van der Waals surface area contributed by atoms with Crippen LogP contribution in [0.2, 0.25) is 0 Å². The predicted molar refractivity (Wildman–Crippen MR) is 192 cm³/mol. The summed E-state index contributed by atoms with van der Waals surface area (Å²) in [6.45, 7) is 1.30. The number of hydrogen-bond donors (Lipinski definition) is 4. The van der Waals surface area contributed by atoms with E-state index in [1.54, 1.807) is 0 Å². The van der Waals surface area contributed by atoms with Crippen LogP contribution >= 0.6 is 11.3 Å². The Morgan fingerprint density at radius 3 is 2.48 bits per heavy atom. The van der Waals surface area contributed by atoms with Crippen molar-refractivity contribution in [3.05, 3.63) is 53.9 Å². The fourth-order valence-corrected chi connectivity index (χ4v) is 8.08. The summed E-state index contributed by atoms with van der Waals surface area (Å²) in [5.74, 6) is -2.01. The van der Waals surface area contributed by atoms with E-state index in [0.29, 0.717) is 42.4 Å². The molecule has 274 valence electrons. The number of hydrogen-bond acceptors (Lipinski definition) is 10. The van der Waals surface area contributed by atoms with Crippen molar-refractivity contribution >= 4 is 52.1 Å². The van der Waals surface area contributed by atoms with Crippen molar-refractivity contribution < 1.29 is 33.4 Å². The second-order valence-electron chi connectivity index (χ2n) is 14.0. The number of hydrazine groups is 1. The maximum absolute atomic E-state index is 14.5. The Balaban J connectivity index is 1.19. The van der Waals surface area contributed by atoms with Crippen molar-refractivity contribution in [2.45, 2.75) is 101 Å². The van der Waals surface area contributed by atoms with E-state index in [2.05, 4.69) is 21.5 Å². The normalized spacial score (nSPS) is 27.1. The molecular weight excluding hydrogens is 687 g/mol. The highest BCUT2D eigenvalue weighted by Crippen LogP contribution is 2.45. The zero-order chi connectivity index (χ0) is 36.2. The first-order valence-electron chi connectivity index (χ1n) is 18.0. The van der Waals surface area contributed by atoms with E-state index in [0.717, 1.165) is 37.0 Å². The minimum Gasteiger partial charge on any atom is -0.471 e. The predicted octanol–water partition coefficient (Wildman–Crippen LogP) is 3.92. The molecule has 2 aliphatic heterocycles. The highest BCUT2D eigenvalue weighted by atomic mass is 32.1. The molecule has 0 radical (unpaired) electrons. The van der Waals surface area contributed by atoms with Gasteiger partial charge in [0, 0.05) is 19.3 Å². The number of ether oxygens (including phenoxy) is 2. The van der Waals surface area contributed by atoms with Gasteiger partial charge in [-0.3, -0.25) is 30.0 Å². The molecule has 52 heavy (non-hydrogen) atoms. The number of benzene rings is 1. The number of para-hydroxylation sites is 2. The first-order valence-corrected chi connectivity index (χ1v) is 18.9. The van der Waals surface area contributed by atoms with Crippen molar-refractivity contribution in [2.75, 3.05) is 6.54 Å². The zero-order valence-corrected chi connectivity index (χ0v) is 29.8. The third-order valence-corrected chi connectivity index (χ3v) is 11.1. The molecule has 5 atom stereocenters. The Kier molecular flexibility index (Phi) is 10.4. The van der Waals surface area contributed by atoms with Gasteiger partial charge in [-0.25, -0.2) is 14.8 Å². The lowest BCUT2D eigenvalue weighted by Gasteiger charge is -2.30. The number of rotatable bonds is 6. The standard InChI is InChI=1S/C37H43N7O7S/c1-22(45)42-43-35(48)37-20-23(37)11-4-2-3-5-16-28(40-36(49)51-24-12-6-7-13-24)34(47)44-21-25(19-29(44)32(46)41-37)50-33-31(30-17-10-18-52-30)38-26-14-8-9-15-27(26)39-33/h4,8-11,14-15,17-18,23-25,28-29H,2-3,5-7,12-13,16,19-21H2,1H3,(H,40,49)(H,41,46)(H,42,45)(H,43,48)/b11-4-/t23-,25-,28+,29+,37-/m1/s1. The average molecular weight is 730 g/mol. The molecule has 3 fully saturated rings. The van der Waals surface area contributed by atoms with Crippen LogP contribution < -0.4 is 26.2 Å². The first-order chi connectivity index (χ1) is 25.2. The summed E-state index contributed by atoms with van der Waals surface area (Å²) in [6.07, 6.45) is 8.76. The Bertz CT molecular complexity index is 1860. The first kappa shape index (κ1) is 35.4. The molecule has 4 N–H and O–H groups in total. The molecule has 0 unspecified atom stereocenters. The number of aromatic nitrogens is 2. The molecule has 2 aliphatic carbocycles. The fourth-order valence-electron chi connectivity index (χ4n) is 7.38. The van der Waals surface area contributed by atoms with Crippen LogP contribution in [0, 0.1) is 5.92 Å². The second-order valence-corrected chi connectivity index (χ2v) is 14.9. The molecule has 14 nitrogen and oxygen atoms in total. The molecule has 1 aromatic carbocycles. The maximum atomic E-state index is 14.5. The van der Waals surface area contributed by atoms with Crippen LogP contribution in [0.5, 0.6) is 5.88 Å². The number of thiophene rings is 1. The maximum Gasteiger partial charge on any atom is 0.408 e. The number of fused-ring (bicyclic) bond motifs is 3. The second kappa shape index (κ2) is 15.3. The summed E-state index contributed by atoms with van der Waals surface area (Å²) in [5, 5.41) is 7.70. The van der Waals surface area contributed by atoms with E-state index in [1.165, 1.54) is 23.2 Å². The lowest BCUT2D eigenvalue weighted by molar-refractivity contribution is -0.141. The van der Waals surface area contributed by atoms with Gasteiger partial charge in [-0.05, 0) is 74.9 Å². The van der Waals surface area contributed by atoms with E-state index >= 15 is 0 Å². The van der Waals surface area contributed by atoms with Gasteiger partial charge in [0.2, 0.25) is 23.6 Å². The molecule has 7 rings (SSSR count). The van der Waals surface area contributed by atoms with E-state index in [-0.39, 0.29) is 30.9 Å². The SMILES string of the molecule is CC(=O)NNC(=O)[C@@]12C[C@H]1/C=C\CCCC[C@H](NC(=O)OC1CCCC1)C(=O)N1C[C@H](Oc3nc4ccccc4nc3-c3cccs3)C[C@H]1C(=O)N2. The van der Waals surface area contributed by atoms with Gasteiger partial charge in [-0.15, -0.1) is 11.3 Å². The lowest BCUT2D eigenvalue weighted by atomic mass is 10.0. The van der Waals surface area contributed by atoms with Crippen molar-refractivity contribution in [1.29, 1.82) is 0 Å². The van der Waals surface area contributed by atoms with Crippen LogP contribution in [0.15, 0.2) is 53.9 Å². The summed E-state index contributed by atoms with van der Waals surface area (Å²) < 4.78 is 12.2. The highest BCUT2D eigenvalue weighted by molar-refractivity contribution is 7.13. The quantitative estimate of drug-likeness (QED) is 0.216. The highest BCUT2D eigenvalue weighted by Gasteiger charge is 2.61. The fraction of sp³-hybridized carbons (Fsp3) is 0.486. The van der Waals surface area contributed by atoms with Crippen LogP contribution in [0.1, 0.15) is 71.1 Å². The molecule has 15 heteroatoms. The number of carbonyl (C=O) groups excluding carboxylic acids is 5. The number of alkyl carbamates (subject to hydrolysis) is 1. The smallest absolute Gasteiger partial charge is 0.408 e. The van der Waals surface area contributed by atoms with Crippen LogP contribution in [-0.2, 0) is 23.9 Å². The Hall–Kier alpha value is -5.05. The number of carbonyl (C=O) groups is 5. The van der Waals surface area contributed by atoms with Crippen LogP contribution in [0.4, 0.5) is 4.79 Å². The van der Waals surface area contributed by atoms with Crippen LogP contribution in [-0.4, -0.2) is 81.0 Å². The summed E-state index contributed by atoms with van der Waals surface area (Å²) in [4.78, 5) is 78.8. The molecule has 1 saturated heterocycles. The van der Waals surface area contributed by atoms with Crippen LogP contribution in [0.25, 0.3) is 21.6 Å². The van der Waals surface area contributed by atoms with Gasteiger partial charge in [0.15, 0.2) is 0 Å². The van der Waals surface area contributed by atoms with Crippen LogP contribution in [0.3, 0.4) is 0 Å². The third-order valence-electron chi connectivity index (χ3n) is 10.2. The van der Waals surface area contributed by atoms with Gasteiger partial charge in [0.05, 0.1) is 22.5 Å². The molecular formula is C37H43N7O7S.